The highest BCUT2D eigenvalue weighted by atomic mass is 16.4. The molecule has 0 saturated heterocycles. The van der Waals surface area contributed by atoms with Gasteiger partial charge in [0.05, 0.1) is 0 Å². The molecule has 0 spiro atoms. The molecule has 2 N–H and O–H groups in total. The Morgan fingerprint density at radius 1 is 1.65 bits per heavy atom. The van der Waals surface area contributed by atoms with Crippen LogP contribution in [0.1, 0.15) is 32.3 Å². The number of carbonyl (C=O) groups is 1. The monoisotopic (exact) mass is 234 g/mol. The summed E-state index contributed by atoms with van der Waals surface area (Å²) in [6.07, 6.45) is 5.64. The zero-order valence-corrected chi connectivity index (χ0v) is 10.2. The standard InChI is InChI=1S/C13H18N2O2/c1-9(10-5-6-10)15-13(2,12(16)17)11-4-3-7-14-8-11/h3-4,7-10,15H,5-6H2,1-2H3,(H,16,17). The lowest BCUT2D eigenvalue weighted by atomic mass is 9.92. The minimum absolute atomic E-state index is 0.219. The fourth-order valence-corrected chi connectivity index (χ4v) is 2.10. The Hall–Kier alpha value is -1.42. The van der Waals surface area contributed by atoms with Crippen LogP contribution in [-0.4, -0.2) is 22.1 Å². The second-order valence-corrected chi connectivity index (χ2v) is 4.94. The Kier molecular flexibility index (Phi) is 3.15. The molecular formula is C13H18N2O2. The fraction of sp³-hybridized carbons (Fsp3) is 0.538. The molecule has 1 aromatic rings. The molecule has 1 saturated carbocycles. The van der Waals surface area contributed by atoms with Crippen molar-refractivity contribution in [3.8, 4) is 0 Å². The van der Waals surface area contributed by atoms with Crippen molar-refractivity contribution in [2.24, 2.45) is 5.92 Å². The van der Waals surface area contributed by atoms with Crippen LogP contribution in [-0.2, 0) is 10.3 Å². The molecule has 0 amide bonds. The van der Waals surface area contributed by atoms with Crippen LogP contribution < -0.4 is 5.32 Å². The Morgan fingerprint density at radius 3 is 2.82 bits per heavy atom. The normalized spacial score (nSPS) is 20.6. The maximum absolute atomic E-state index is 11.5. The van der Waals surface area contributed by atoms with Gasteiger partial charge in [0, 0.05) is 24.0 Å². The zero-order valence-electron chi connectivity index (χ0n) is 10.2. The van der Waals surface area contributed by atoms with E-state index in [0.29, 0.717) is 11.5 Å². The lowest BCUT2D eigenvalue weighted by Gasteiger charge is -2.30. The predicted octanol–water partition coefficient (Wildman–Crippen LogP) is 1.77. The van der Waals surface area contributed by atoms with E-state index in [4.69, 9.17) is 0 Å². The van der Waals surface area contributed by atoms with Crippen molar-refractivity contribution in [3.63, 3.8) is 0 Å². The average molecular weight is 234 g/mol. The van der Waals surface area contributed by atoms with E-state index in [-0.39, 0.29) is 6.04 Å². The van der Waals surface area contributed by atoms with Crippen molar-refractivity contribution >= 4 is 5.97 Å². The van der Waals surface area contributed by atoms with E-state index in [9.17, 15) is 9.90 Å². The number of hydrogen-bond donors (Lipinski definition) is 2. The van der Waals surface area contributed by atoms with Crippen molar-refractivity contribution in [1.82, 2.24) is 10.3 Å². The van der Waals surface area contributed by atoms with Crippen molar-refractivity contribution in [2.45, 2.75) is 38.3 Å². The van der Waals surface area contributed by atoms with Crippen LogP contribution >= 0.6 is 0 Å². The van der Waals surface area contributed by atoms with E-state index in [0.717, 1.165) is 0 Å². The van der Waals surface area contributed by atoms with E-state index in [2.05, 4.69) is 17.2 Å². The first kappa shape index (κ1) is 12.0. The molecular weight excluding hydrogens is 216 g/mol. The number of carboxylic acids is 1. The summed E-state index contributed by atoms with van der Waals surface area (Å²) in [6, 6.07) is 3.78. The first-order chi connectivity index (χ1) is 8.04. The maximum atomic E-state index is 11.5. The Balaban J connectivity index is 2.22. The van der Waals surface area contributed by atoms with Crippen LogP contribution in [0.2, 0.25) is 0 Å². The molecule has 1 fully saturated rings. The molecule has 0 aromatic carbocycles. The van der Waals surface area contributed by atoms with Gasteiger partial charge in [-0.15, -0.1) is 0 Å². The summed E-state index contributed by atoms with van der Waals surface area (Å²) in [6.45, 7) is 3.75. The predicted molar refractivity (Wildman–Crippen MR) is 64.5 cm³/mol. The van der Waals surface area contributed by atoms with Gasteiger partial charge in [0.15, 0.2) is 0 Å². The molecule has 17 heavy (non-hydrogen) atoms. The lowest BCUT2D eigenvalue weighted by molar-refractivity contribution is -0.145. The highest BCUT2D eigenvalue weighted by molar-refractivity contribution is 5.80. The molecule has 0 bridgehead atoms. The summed E-state index contributed by atoms with van der Waals surface area (Å²) in [5.41, 5.74) is -0.365. The first-order valence-corrected chi connectivity index (χ1v) is 5.95. The third-order valence-corrected chi connectivity index (χ3v) is 3.51. The quantitative estimate of drug-likeness (QED) is 0.815. The first-order valence-electron chi connectivity index (χ1n) is 5.95. The summed E-state index contributed by atoms with van der Waals surface area (Å²) < 4.78 is 0. The molecule has 1 aliphatic rings. The molecule has 1 aliphatic carbocycles. The molecule has 2 atom stereocenters. The largest absolute Gasteiger partial charge is 0.480 e. The minimum atomic E-state index is -1.06. The van der Waals surface area contributed by atoms with Gasteiger partial charge in [0.2, 0.25) is 0 Å². The van der Waals surface area contributed by atoms with E-state index in [1.165, 1.54) is 12.8 Å². The Morgan fingerprint density at radius 2 is 2.35 bits per heavy atom. The van der Waals surface area contributed by atoms with Gasteiger partial charge < -0.3 is 5.11 Å². The highest BCUT2D eigenvalue weighted by Crippen LogP contribution is 2.34. The van der Waals surface area contributed by atoms with Crippen LogP contribution in [0.25, 0.3) is 0 Å². The summed E-state index contributed by atoms with van der Waals surface area (Å²) in [7, 11) is 0. The van der Waals surface area contributed by atoms with E-state index in [1.54, 1.807) is 31.5 Å². The van der Waals surface area contributed by atoms with Crippen LogP contribution in [0.15, 0.2) is 24.5 Å². The number of pyridine rings is 1. The van der Waals surface area contributed by atoms with Crippen molar-refractivity contribution in [1.29, 1.82) is 0 Å². The number of aromatic nitrogens is 1. The summed E-state index contributed by atoms with van der Waals surface area (Å²) in [5, 5.41) is 12.7. The summed E-state index contributed by atoms with van der Waals surface area (Å²) >= 11 is 0. The van der Waals surface area contributed by atoms with Crippen molar-refractivity contribution in [2.75, 3.05) is 0 Å². The van der Waals surface area contributed by atoms with Gasteiger partial charge in [-0.25, -0.2) is 4.79 Å². The highest BCUT2D eigenvalue weighted by Gasteiger charge is 2.40. The van der Waals surface area contributed by atoms with Crippen LogP contribution in [0.5, 0.6) is 0 Å². The fourth-order valence-electron chi connectivity index (χ4n) is 2.10. The molecule has 1 heterocycles. The van der Waals surface area contributed by atoms with Gasteiger partial charge in [-0.3, -0.25) is 10.3 Å². The van der Waals surface area contributed by atoms with Crippen molar-refractivity contribution < 1.29 is 9.90 Å². The number of rotatable bonds is 5. The third kappa shape index (κ3) is 2.47. The van der Waals surface area contributed by atoms with Gasteiger partial charge in [0.1, 0.15) is 5.54 Å². The lowest BCUT2D eigenvalue weighted by Crippen LogP contribution is -2.51. The minimum Gasteiger partial charge on any atom is -0.480 e. The third-order valence-electron chi connectivity index (χ3n) is 3.51. The summed E-state index contributed by atoms with van der Waals surface area (Å²) in [5.74, 6) is -0.247. The van der Waals surface area contributed by atoms with E-state index in [1.807, 2.05) is 0 Å². The summed E-state index contributed by atoms with van der Waals surface area (Å²) in [4.78, 5) is 15.5. The molecule has 92 valence electrons. The molecule has 4 nitrogen and oxygen atoms in total. The molecule has 4 heteroatoms. The number of aliphatic carboxylic acids is 1. The average Bonchev–Trinajstić information content (AvgIpc) is 3.13. The molecule has 0 aliphatic heterocycles. The Bertz CT molecular complexity index is 403. The number of nitrogens with zero attached hydrogens (tertiary/aromatic N) is 1. The van der Waals surface area contributed by atoms with Crippen molar-refractivity contribution in [3.05, 3.63) is 30.1 Å². The van der Waals surface area contributed by atoms with Gasteiger partial charge >= 0.3 is 5.97 Å². The van der Waals surface area contributed by atoms with Gasteiger partial charge in [-0.2, -0.15) is 0 Å². The van der Waals surface area contributed by atoms with Gasteiger partial charge in [-0.05, 0) is 38.7 Å². The molecule has 2 unspecified atom stereocenters. The van der Waals surface area contributed by atoms with E-state index >= 15 is 0 Å². The Labute approximate surface area is 101 Å². The number of hydrogen-bond acceptors (Lipinski definition) is 3. The van der Waals surface area contributed by atoms with Crippen LogP contribution in [0.3, 0.4) is 0 Å². The second kappa shape index (κ2) is 4.45. The molecule has 0 radical (unpaired) electrons. The molecule has 2 rings (SSSR count). The SMILES string of the molecule is CC(NC(C)(C(=O)O)c1cccnc1)C1CC1. The van der Waals surface area contributed by atoms with Gasteiger partial charge in [0.25, 0.3) is 0 Å². The zero-order chi connectivity index (χ0) is 12.5. The topological polar surface area (TPSA) is 62.2 Å². The number of carboxylic acid groups (broad SMARTS) is 1. The van der Waals surface area contributed by atoms with Crippen LogP contribution in [0.4, 0.5) is 0 Å². The second-order valence-electron chi connectivity index (χ2n) is 4.94. The number of nitrogens with one attached hydrogen (secondary N) is 1. The van der Waals surface area contributed by atoms with Crippen LogP contribution in [0, 0.1) is 5.92 Å². The van der Waals surface area contributed by atoms with E-state index < -0.39 is 11.5 Å². The smallest absolute Gasteiger partial charge is 0.328 e. The maximum Gasteiger partial charge on any atom is 0.328 e. The van der Waals surface area contributed by atoms with Gasteiger partial charge in [-0.1, -0.05) is 6.07 Å². The molecule has 1 aromatic heterocycles.